The molecule has 0 amide bonds. The Labute approximate surface area is 110 Å². The molecule has 3 aromatic heterocycles. The van der Waals surface area contributed by atoms with Crippen LogP contribution in [0.4, 0.5) is 15.9 Å². The predicted octanol–water partition coefficient (Wildman–Crippen LogP) is 1.42. The SMILES string of the molecule is Nc1nc(-c2cnc3ccc(F)cn23)ncc1[N+](=O)[O-]. The Kier molecular flexibility index (Phi) is 2.53. The molecule has 0 fully saturated rings. The maximum atomic E-state index is 13.3. The molecule has 0 aliphatic carbocycles. The van der Waals surface area contributed by atoms with E-state index in [-0.39, 0.29) is 17.3 Å². The van der Waals surface area contributed by atoms with Crippen LogP contribution in [-0.2, 0) is 0 Å². The van der Waals surface area contributed by atoms with Gasteiger partial charge in [-0.3, -0.25) is 14.5 Å². The molecule has 0 unspecified atom stereocenters. The van der Waals surface area contributed by atoms with Crippen LogP contribution in [0, 0.1) is 15.9 Å². The summed E-state index contributed by atoms with van der Waals surface area (Å²) in [5.74, 6) is -0.579. The molecule has 100 valence electrons. The monoisotopic (exact) mass is 274 g/mol. The van der Waals surface area contributed by atoms with Crippen molar-refractivity contribution in [2.24, 2.45) is 0 Å². The molecule has 0 aromatic carbocycles. The van der Waals surface area contributed by atoms with Gasteiger partial charge in [0, 0.05) is 6.20 Å². The molecule has 3 heterocycles. The number of halogens is 1. The third kappa shape index (κ3) is 1.81. The van der Waals surface area contributed by atoms with Gasteiger partial charge in [-0.05, 0) is 12.1 Å². The van der Waals surface area contributed by atoms with E-state index in [4.69, 9.17) is 5.73 Å². The van der Waals surface area contributed by atoms with Crippen molar-refractivity contribution in [3.63, 3.8) is 0 Å². The molecule has 9 heteroatoms. The van der Waals surface area contributed by atoms with Gasteiger partial charge in [0.2, 0.25) is 5.82 Å². The average molecular weight is 274 g/mol. The van der Waals surface area contributed by atoms with E-state index in [9.17, 15) is 14.5 Å². The number of nitrogen functional groups attached to an aromatic ring is 1. The van der Waals surface area contributed by atoms with Crippen molar-refractivity contribution in [3.8, 4) is 11.5 Å². The second-order valence-electron chi connectivity index (χ2n) is 3.94. The maximum absolute atomic E-state index is 13.3. The second-order valence-corrected chi connectivity index (χ2v) is 3.94. The van der Waals surface area contributed by atoms with Crippen molar-refractivity contribution in [3.05, 3.63) is 46.7 Å². The predicted molar refractivity (Wildman–Crippen MR) is 67.2 cm³/mol. The first kappa shape index (κ1) is 12.0. The van der Waals surface area contributed by atoms with Crippen LogP contribution in [0.25, 0.3) is 17.2 Å². The Bertz CT molecular complexity index is 831. The Balaban J connectivity index is 2.18. The highest BCUT2D eigenvalue weighted by Crippen LogP contribution is 2.23. The number of rotatable bonds is 2. The van der Waals surface area contributed by atoms with E-state index in [1.807, 2.05) is 0 Å². The summed E-state index contributed by atoms with van der Waals surface area (Å²) in [5, 5.41) is 10.7. The fourth-order valence-corrected chi connectivity index (χ4v) is 1.77. The fourth-order valence-electron chi connectivity index (χ4n) is 1.77. The van der Waals surface area contributed by atoms with Gasteiger partial charge in [-0.15, -0.1) is 0 Å². The van der Waals surface area contributed by atoms with Crippen molar-refractivity contribution in [2.75, 3.05) is 5.73 Å². The maximum Gasteiger partial charge on any atom is 0.329 e. The molecule has 20 heavy (non-hydrogen) atoms. The number of anilines is 1. The highest BCUT2D eigenvalue weighted by Gasteiger charge is 2.17. The number of pyridine rings is 1. The van der Waals surface area contributed by atoms with E-state index in [1.165, 1.54) is 28.9 Å². The van der Waals surface area contributed by atoms with Gasteiger partial charge >= 0.3 is 5.69 Å². The third-order valence-electron chi connectivity index (χ3n) is 2.69. The van der Waals surface area contributed by atoms with E-state index >= 15 is 0 Å². The van der Waals surface area contributed by atoms with Crippen molar-refractivity contribution >= 4 is 17.2 Å². The van der Waals surface area contributed by atoms with Gasteiger partial charge in [0.05, 0.1) is 11.1 Å². The van der Waals surface area contributed by atoms with Crippen LogP contribution in [0.1, 0.15) is 0 Å². The Morgan fingerprint density at radius 3 is 2.80 bits per heavy atom. The van der Waals surface area contributed by atoms with Crippen LogP contribution in [0.15, 0.2) is 30.7 Å². The van der Waals surface area contributed by atoms with Crippen molar-refractivity contribution < 1.29 is 9.31 Å². The standard InChI is InChI=1S/C11H7FN6O2/c12-6-1-2-9-14-4-8(17(9)5-6)11-15-3-7(18(19)20)10(13)16-11/h1-5H,(H2,13,15,16). The Morgan fingerprint density at radius 1 is 1.30 bits per heavy atom. The summed E-state index contributed by atoms with van der Waals surface area (Å²) in [7, 11) is 0. The van der Waals surface area contributed by atoms with Crippen LogP contribution >= 0.6 is 0 Å². The van der Waals surface area contributed by atoms with Gasteiger partial charge in [-0.25, -0.2) is 19.3 Å². The molecule has 0 saturated carbocycles. The van der Waals surface area contributed by atoms with Gasteiger partial charge in [-0.2, -0.15) is 0 Å². The number of fused-ring (bicyclic) bond motifs is 1. The van der Waals surface area contributed by atoms with E-state index in [0.29, 0.717) is 11.3 Å². The number of hydrogen-bond donors (Lipinski definition) is 1. The van der Waals surface area contributed by atoms with Crippen molar-refractivity contribution in [2.45, 2.75) is 0 Å². The third-order valence-corrected chi connectivity index (χ3v) is 2.69. The van der Waals surface area contributed by atoms with E-state index < -0.39 is 10.7 Å². The molecular formula is C11H7FN6O2. The minimum absolute atomic E-state index is 0.131. The van der Waals surface area contributed by atoms with Gasteiger partial charge in [0.1, 0.15) is 23.4 Å². The molecule has 2 N–H and O–H groups in total. The molecule has 3 rings (SSSR count). The number of nitrogens with two attached hydrogens (primary N) is 1. The lowest BCUT2D eigenvalue weighted by molar-refractivity contribution is -0.384. The largest absolute Gasteiger partial charge is 0.378 e. The Morgan fingerprint density at radius 2 is 2.10 bits per heavy atom. The molecular weight excluding hydrogens is 267 g/mol. The first-order valence-corrected chi connectivity index (χ1v) is 5.46. The average Bonchev–Trinajstić information content (AvgIpc) is 2.81. The number of nitro groups is 1. The summed E-state index contributed by atoms with van der Waals surface area (Å²) in [5.41, 5.74) is 6.02. The minimum atomic E-state index is -0.673. The molecule has 0 radical (unpaired) electrons. The number of hydrogen-bond acceptors (Lipinski definition) is 6. The summed E-state index contributed by atoms with van der Waals surface area (Å²) in [6, 6.07) is 2.77. The lowest BCUT2D eigenvalue weighted by Crippen LogP contribution is -2.02. The summed E-state index contributed by atoms with van der Waals surface area (Å²) in [6.45, 7) is 0. The fraction of sp³-hybridized carbons (Fsp3) is 0. The second kappa shape index (κ2) is 4.23. The lowest BCUT2D eigenvalue weighted by atomic mass is 10.4. The minimum Gasteiger partial charge on any atom is -0.378 e. The van der Waals surface area contributed by atoms with E-state index in [1.54, 1.807) is 0 Å². The molecule has 0 bridgehead atoms. The molecule has 3 aromatic rings. The Hall–Kier alpha value is -3.10. The van der Waals surface area contributed by atoms with Gasteiger partial charge in [-0.1, -0.05) is 0 Å². The van der Waals surface area contributed by atoms with E-state index in [0.717, 1.165) is 6.20 Å². The zero-order chi connectivity index (χ0) is 14.3. The number of aromatic nitrogens is 4. The van der Waals surface area contributed by atoms with Crippen molar-refractivity contribution in [1.29, 1.82) is 0 Å². The van der Waals surface area contributed by atoms with E-state index in [2.05, 4.69) is 15.0 Å². The quantitative estimate of drug-likeness (QED) is 0.558. The number of imidazole rings is 1. The molecule has 0 spiro atoms. The van der Waals surface area contributed by atoms with Crippen molar-refractivity contribution in [1.82, 2.24) is 19.4 Å². The first-order valence-electron chi connectivity index (χ1n) is 5.46. The lowest BCUT2D eigenvalue weighted by Gasteiger charge is -2.02. The van der Waals surface area contributed by atoms with Gasteiger partial charge < -0.3 is 5.73 Å². The van der Waals surface area contributed by atoms with Crippen LogP contribution in [0.5, 0.6) is 0 Å². The van der Waals surface area contributed by atoms with Crippen LogP contribution in [0.3, 0.4) is 0 Å². The molecule has 0 aliphatic heterocycles. The van der Waals surface area contributed by atoms with Crippen LogP contribution < -0.4 is 5.73 Å². The van der Waals surface area contributed by atoms with Gasteiger partial charge in [0.25, 0.3) is 0 Å². The van der Waals surface area contributed by atoms with Crippen LogP contribution in [0.2, 0.25) is 0 Å². The molecule has 0 saturated heterocycles. The molecule has 0 atom stereocenters. The number of nitrogens with zero attached hydrogens (tertiary/aromatic N) is 5. The highest BCUT2D eigenvalue weighted by atomic mass is 19.1. The molecule has 8 nitrogen and oxygen atoms in total. The summed E-state index contributed by atoms with van der Waals surface area (Å²) >= 11 is 0. The molecule has 0 aliphatic rings. The highest BCUT2D eigenvalue weighted by molar-refractivity contribution is 5.61. The zero-order valence-corrected chi connectivity index (χ0v) is 9.89. The smallest absolute Gasteiger partial charge is 0.329 e. The summed E-state index contributed by atoms with van der Waals surface area (Å²) in [4.78, 5) is 21.8. The summed E-state index contributed by atoms with van der Waals surface area (Å²) < 4.78 is 14.7. The van der Waals surface area contributed by atoms with Crippen LogP contribution in [-0.4, -0.2) is 24.3 Å². The topological polar surface area (TPSA) is 112 Å². The normalized spacial score (nSPS) is 10.8. The first-order chi connectivity index (χ1) is 9.56. The zero-order valence-electron chi connectivity index (χ0n) is 9.89. The summed E-state index contributed by atoms with van der Waals surface area (Å²) in [6.07, 6.45) is 3.67. The van der Waals surface area contributed by atoms with Gasteiger partial charge in [0.15, 0.2) is 5.82 Å².